The number of carbonyl (C=O) groups is 1. The highest BCUT2D eigenvalue weighted by Crippen LogP contribution is 2.28. The molecular formula is C18H16ClFO2. The van der Waals surface area contributed by atoms with Crippen LogP contribution in [0, 0.1) is 5.82 Å². The summed E-state index contributed by atoms with van der Waals surface area (Å²) in [7, 11) is 0. The molecule has 0 aliphatic heterocycles. The number of ether oxygens (including phenoxy) is 1. The molecule has 0 atom stereocenters. The maximum Gasteiger partial charge on any atom is 0.335 e. The molecule has 0 spiro atoms. The van der Waals surface area contributed by atoms with Crippen molar-refractivity contribution < 1.29 is 13.9 Å². The van der Waals surface area contributed by atoms with Crippen LogP contribution >= 0.6 is 11.6 Å². The van der Waals surface area contributed by atoms with Crippen LogP contribution in [-0.2, 0) is 9.53 Å². The fraction of sp³-hybridized carbons (Fsp3) is 0.167. The number of hydrogen-bond acceptors (Lipinski definition) is 2. The van der Waals surface area contributed by atoms with Crippen molar-refractivity contribution in [2.24, 2.45) is 0 Å². The summed E-state index contributed by atoms with van der Waals surface area (Å²) in [5.41, 5.74) is 2.31. The molecule has 2 rings (SSSR count). The highest BCUT2D eigenvalue weighted by Gasteiger charge is 2.12. The minimum atomic E-state index is -0.439. The molecule has 0 aromatic heterocycles. The Balaban J connectivity index is 2.31. The lowest BCUT2D eigenvalue weighted by molar-refractivity contribution is -0.138. The van der Waals surface area contributed by atoms with Crippen LogP contribution in [0.3, 0.4) is 0 Å². The maximum absolute atomic E-state index is 13.8. The largest absolute Gasteiger partial charge is 0.463 e. The molecule has 0 fully saturated rings. The third-order valence-electron chi connectivity index (χ3n) is 3.23. The molecule has 4 heteroatoms. The highest BCUT2D eigenvalue weighted by molar-refractivity contribution is 6.50. The Kier molecular flexibility index (Phi) is 5.34. The Labute approximate surface area is 134 Å². The second kappa shape index (κ2) is 7.23. The summed E-state index contributed by atoms with van der Waals surface area (Å²) in [6.07, 6.45) is 0. The Morgan fingerprint density at radius 3 is 2.36 bits per heavy atom. The van der Waals surface area contributed by atoms with Gasteiger partial charge in [-0.05, 0) is 31.0 Å². The fourth-order valence-electron chi connectivity index (χ4n) is 2.04. The van der Waals surface area contributed by atoms with Crippen molar-refractivity contribution in [3.8, 4) is 11.1 Å². The molecule has 0 aliphatic carbocycles. The molecular weight excluding hydrogens is 303 g/mol. The van der Waals surface area contributed by atoms with Gasteiger partial charge < -0.3 is 4.74 Å². The van der Waals surface area contributed by atoms with Gasteiger partial charge in [-0.25, -0.2) is 9.18 Å². The van der Waals surface area contributed by atoms with Crippen molar-refractivity contribution in [1.29, 1.82) is 0 Å². The van der Waals surface area contributed by atoms with E-state index in [1.54, 1.807) is 56.3 Å². The van der Waals surface area contributed by atoms with E-state index in [-0.39, 0.29) is 5.82 Å². The van der Waals surface area contributed by atoms with Crippen LogP contribution in [0.2, 0.25) is 0 Å². The van der Waals surface area contributed by atoms with E-state index in [1.165, 1.54) is 6.07 Å². The molecule has 0 bridgehead atoms. The molecule has 2 nitrogen and oxygen atoms in total. The first-order valence-corrected chi connectivity index (χ1v) is 7.31. The first-order chi connectivity index (χ1) is 10.5. The lowest BCUT2D eigenvalue weighted by atomic mass is 10.0. The van der Waals surface area contributed by atoms with Crippen molar-refractivity contribution in [3.05, 3.63) is 65.5 Å². The zero-order valence-corrected chi connectivity index (χ0v) is 13.2. The van der Waals surface area contributed by atoms with Crippen LogP contribution < -0.4 is 0 Å². The molecule has 114 valence electrons. The van der Waals surface area contributed by atoms with Crippen molar-refractivity contribution >= 4 is 22.6 Å². The van der Waals surface area contributed by atoms with E-state index in [4.69, 9.17) is 16.3 Å². The SMILES string of the molecule is CCOC(=O)/C(C)=C(\Cl)c1ccc(-c2ccccc2F)cc1. The third kappa shape index (κ3) is 3.55. The van der Waals surface area contributed by atoms with E-state index in [1.807, 2.05) is 0 Å². The fourth-order valence-corrected chi connectivity index (χ4v) is 2.24. The first-order valence-electron chi connectivity index (χ1n) is 6.93. The van der Waals surface area contributed by atoms with Gasteiger partial charge in [0.05, 0.1) is 17.2 Å². The quantitative estimate of drug-likeness (QED) is 0.584. The van der Waals surface area contributed by atoms with Crippen LogP contribution in [0.25, 0.3) is 16.2 Å². The second-order valence-corrected chi connectivity index (χ2v) is 5.09. The van der Waals surface area contributed by atoms with Gasteiger partial charge in [0.2, 0.25) is 0 Å². The van der Waals surface area contributed by atoms with E-state index in [0.717, 1.165) is 5.56 Å². The second-order valence-electron chi connectivity index (χ2n) is 4.72. The molecule has 0 aliphatic rings. The Morgan fingerprint density at radius 1 is 1.14 bits per heavy atom. The molecule has 2 aromatic carbocycles. The number of rotatable bonds is 4. The van der Waals surface area contributed by atoms with Crippen LogP contribution in [0.5, 0.6) is 0 Å². The average Bonchev–Trinajstić information content (AvgIpc) is 2.54. The van der Waals surface area contributed by atoms with E-state index < -0.39 is 5.97 Å². The molecule has 0 heterocycles. The molecule has 0 N–H and O–H groups in total. The number of benzene rings is 2. The molecule has 0 unspecified atom stereocenters. The standard InChI is InChI=1S/C18H16ClFO2/c1-3-22-18(21)12(2)17(19)14-10-8-13(9-11-14)15-6-4-5-7-16(15)20/h4-11H,3H2,1-2H3/b17-12-. The predicted molar refractivity (Wildman–Crippen MR) is 86.9 cm³/mol. The number of esters is 1. The van der Waals surface area contributed by atoms with E-state index in [0.29, 0.717) is 28.3 Å². The maximum atomic E-state index is 13.8. The summed E-state index contributed by atoms with van der Waals surface area (Å²) in [6.45, 7) is 3.65. The van der Waals surface area contributed by atoms with E-state index >= 15 is 0 Å². The van der Waals surface area contributed by atoms with Gasteiger partial charge in [-0.3, -0.25) is 0 Å². The summed E-state index contributed by atoms with van der Waals surface area (Å²) in [5.74, 6) is -0.717. The smallest absolute Gasteiger partial charge is 0.335 e. The molecule has 22 heavy (non-hydrogen) atoms. The van der Waals surface area contributed by atoms with Crippen molar-refractivity contribution in [2.45, 2.75) is 13.8 Å². The molecule has 2 aromatic rings. The Hall–Kier alpha value is -2.13. The van der Waals surface area contributed by atoms with E-state index in [2.05, 4.69) is 0 Å². The van der Waals surface area contributed by atoms with Crippen LogP contribution in [0.15, 0.2) is 54.1 Å². The van der Waals surface area contributed by atoms with Gasteiger partial charge >= 0.3 is 5.97 Å². The van der Waals surface area contributed by atoms with Crippen LogP contribution in [0.4, 0.5) is 4.39 Å². The minimum Gasteiger partial charge on any atom is -0.463 e. The van der Waals surface area contributed by atoms with Gasteiger partial charge in [0, 0.05) is 5.56 Å². The summed E-state index contributed by atoms with van der Waals surface area (Å²) < 4.78 is 18.7. The zero-order chi connectivity index (χ0) is 16.1. The Bertz CT molecular complexity index is 705. The zero-order valence-electron chi connectivity index (χ0n) is 12.4. The summed E-state index contributed by atoms with van der Waals surface area (Å²) in [5, 5.41) is 0.332. The summed E-state index contributed by atoms with van der Waals surface area (Å²) in [4.78, 5) is 11.7. The van der Waals surface area contributed by atoms with Gasteiger partial charge in [-0.1, -0.05) is 54.1 Å². The highest BCUT2D eigenvalue weighted by atomic mass is 35.5. The Morgan fingerprint density at radius 2 is 1.77 bits per heavy atom. The van der Waals surface area contributed by atoms with Crippen LogP contribution in [0.1, 0.15) is 19.4 Å². The molecule has 0 saturated heterocycles. The van der Waals surface area contributed by atoms with Gasteiger partial charge in [-0.2, -0.15) is 0 Å². The number of carbonyl (C=O) groups excluding carboxylic acids is 1. The minimum absolute atomic E-state index is 0.278. The molecule has 0 amide bonds. The van der Waals surface area contributed by atoms with Crippen molar-refractivity contribution in [3.63, 3.8) is 0 Å². The van der Waals surface area contributed by atoms with Gasteiger partial charge in [-0.15, -0.1) is 0 Å². The van der Waals surface area contributed by atoms with Gasteiger partial charge in [0.25, 0.3) is 0 Å². The number of halogens is 2. The van der Waals surface area contributed by atoms with Crippen molar-refractivity contribution in [1.82, 2.24) is 0 Å². The lowest BCUT2D eigenvalue weighted by Gasteiger charge is -2.08. The van der Waals surface area contributed by atoms with E-state index in [9.17, 15) is 9.18 Å². The van der Waals surface area contributed by atoms with Crippen molar-refractivity contribution in [2.75, 3.05) is 6.61 Å². The monoisotopic (exact) mass is 318 g/mol. The normalized spacial score (nSPS) is 11.8. The predicted octanol–water partition coefficient (Wildman–Crippen LogP) is 5.03. The summed E-state index contributed by atoms with van der Waals surface area (Å²) in [6, 6.07) is 13.6. The topological polar surface area (TPSA) is 26.3 Å². The summed E-state index contributed by atoms with van der Waals surface area (Å²) >= 11 is 6.22. The van der Waals surface area contributed by atoms with Crippen LogP contribution in [-0.4, -0.2) is 12.6 Å². The van der Waals surface area contributed by atoms with Gasteiger partial charge in [0.1, 0.15) is 5.82 Å². The average molecular weight is 319 g/mol. The number of hydrogen-bond donors (Lipinski definition) is 0. The third-order valence-corrected chi connectivity index (χ3v) is 3.74. The first kappa shape index (κ1) is 16.2. The molecule has 0 saturated carbocycles. The van der Waals surface area contributed by atoms with Gasteiger partial charge in [0.15, 0.2) is 0 Å². The molecule has 0 radical (unpaired) electrons. The lowest BCUT2D eigenvalue weighted by Crippen LogP contribution is -2.06.